The molecule has 2 heterocycles. The Hall–Kier alpha value is -3.09. The Bertz CT molecular complexity index is 1330. The maximum atomic E-state index is 13.0. The van der Waals surface area contributed by atoms with Crippen molar-refractivity contribution < 1.29 is 39.6 Å². The molecule has 13 heteroatoms. The third-order valence-electron chi connectivity index (χ3n) is 5.23. The Balaban J connectivity index is 1.71. The maximum absolute atomic E-state index is 13.0. The molecule has 0 aliphatic heterocycles. The van der Waals surface area contributed by atoms with Crippen LogP contribution in [0.1, 0.15) is 41.9 Å². The number of carbonyl (C=O) groups is 1. The molecule has 0 unspecified atom stereocenters. The predicted octanol–water partition coefficient (Wildman–Crippen LogP) is 4.74. The van der Waals surface area contributed by atoms with E-state index in [1.165, 1.54) is 24.4 Å². The lowest BCUT2D eigenvalue weighted by Crippen LogP contribution is -2.37. The number of alkyl halides is 6. The molecule has 0 fully saturated rings. The first kappa shape index (κ1) is 25.5. The van der Waals surface area contributed by atoms with E-state index in [9.17, 15) is 39.6 Å². The molecule has 0 aliphatic rings. The molecular formula is C21H19F6N3O3S. The van der Waals surface area contributed by atoms with E-state index in [0.29, 0.717) is 6.07 Å². The summed E-state index contributed by atoms with van der Waals surface area (Å²) >= 11 is 0. The smallest absolute Gasteiger partial charge is 0.351 e. The normalized spacial score (nSPS) is 13.3. The van der Waals surface area contributed by atoms with Crippen molar-refractivity contribution in [3.8, 4) is 0 Å². The number of carbonyl (C=O) groups excluding carboxylic acids is 1. The van der Waals surface area contributed by atoms with Gasteiger partial charge in [0.2, 0.25) is 0 Å². The predicted molar refractivity (Wildman–Crippen MR) is 110 cm³/mol. The number of imidazole rings is 1. The summed E-state index contributed by atoms with van der Waals surface area (Å²) in [4.78, 5) is 15.7. The van der Waals surface area contributed by atoms with Gasteiger partial charge >= 0.3 is 12.4 Å². The van der Waals surface area contributed by atoms with Crippen molar-refractivity contribution >= 4 is 21.4 Å². The fourth-order valence-electron chi connectivity index (χ4n) is 3.13. The molecule has 3 rings (SSSR count). The average Bonchev–Trinajstić information content (AvgIpc) is 3.16. The summed E-state index contributed by atoms with van der Waals surface area (Å²) in [5.74, 6) is -0.746. The van der Waals surface area contributed by atoms with Crippen molar-refractivity contribution in [2.24, 2.45) is 0 Å². The lowest BCUT2D eigenvalue weighted by molar-refractivity contribution is -0.138. The number of amides is 1. The van der Waals surface area contributed by atoms with Gasteiger partial charge in [0, 0.05) is 18.9 Å². The highest BCUT2D eigenvalue weighted by molar-refractivity contribution is 7.92. The van der Waals surface area contributed by atoms with Gasteiger partial charge in [0.05, 0.1) is 20.8 Å². The van der Waals surface area contributed by atoms with Gasteiger partial charge in [-0.25, -0.2) is 13.4 Å². The summed E-state index contributed by atoms with van der Waals surface area (Å²) in [5.41, 5.74) is -2.32. The minimum absolute atomic E-state index is 0.104. The Labute approximate surface area is 190 Å². The largest absolute Gasteiger partial charge is 0.416 e. The van der Waals surface area contributed by atoms with Gasteiger partial charge in [-0.15, -0.1) is 0 Å². The van der Waals surface area contributed by atoms with Crippen LogP contribution in [0.25, 0.3) is 5.65 Å². The number of halogens is 6. The lowest BCUT2D eigenvalue weighted by atomic mass is 10.1. The highest BCUT2D eigenvalue weighted by Gasteiger charge is 2.38. The fraction of sp³-hybridized carbons (Fsp3) is 0.333. The van der Waals surface area contributed by atoms with E-state index in [2.05, 4.69) is 10.3 Å². The molecular weight excluding hydrogens is 488 g/mol. The first-order valence-corrected chi connectivity index (χ1v) is 11.3. The van der Waals surface area contributed by atoms with Gasteiger partial charge in [-0.1, -0.05) is 6.07 Å². The number of sulfone groups is 1. The van der Waals surface area contributed by atoms with Crippen molar-refractivity contribution in [2.45, 2.75) is 42.3 Å². The summed E-state index contributed by atoms with van der Waals surface area (Å²) in [5, 5.41) is 2.44. The molecule has 0 atom stereocenters. The number of aromatic nitrogens is 2. The SMILES string of the molecule is CC(C)(CCNC(=O)c1cn2ccc(C(F)(F)F)cc2n1)S(=O)(=O)c1cccc(C(F)(F)F)c1. The quantitative estimate of drug-likeness (QED) is 0.489. The molecule has 0 radical (unpaired) electrons. The van der Waals surface area contributed by atoms with Gasteiger partial charge < -0.3 is 9.72 Å². The zero-order valence-corrected chi connectivity index (χ0v) is 18.6. The highest BCUT2D eigenvalue weighted by atomic mass is 32.2. The summed E-state index contributed by atoms with van der Waals surface area (Å²) in [6.07, 6.45) is -7.11. The number of nitrogens with one attached hydrogen (secondary N) is 1. The fourth-order valence-corrected chi connectivity index (χ4v) is 4.68. The molecule has 0 aliphatic carbocycles. The molecule has 0 saturated carbocycles. The van der Waals surface area contributed by atoms with Crippen LogP contribution in [0.4, 0.5) is 26.3 Å². The van der Waals surface area contributed by atoms with Crippen LogP contribution in [0.15, 0.2) is 53.7 Å². The van der Waals surface area contributed by atoms with E-state index in [0.717, 1.165) is 36.5 Å². The lowest BCUT2D eigenvalue weighted by Gasteiger charge is -2.25. The zero-order valence-electron chi connectivity index (χ0n) is 17.8. The van der Waals surface area contributed by atoms with E-state index in [4.69, 9.17) is 0 Å². The number of fused-ring (bicyclic) bond motifs is 1. The van der Waals surface area contributed by atoms with Crippen LogP contribution < -0.4 is 5.32 Å². The third-order valence-corrected chi connectivity index (χ3v) is 7.77. The molecule has 184 valence electrons. The minimum Gasteiger partial charge on any atom is -0.351 e. The van der Waals surface area contributed by atoms with Gasteiger partial charge in [0.1, 0.15) is 11.3 Å². The highest BCUT2D eigenvalue weighted by Crippen LogP contribution is 2.34. The average molecular weight is 507 g/mol. The Kier molecular flexibility index (Phi) is 6.46. The van der Waals surface area contributed by atoms with Crippen LogP contribution in [0.5, 0.6) is 0 Å². The molecule has 0 spiro atoms. The molecule has 1 N–H and O–H groups in total. The first-order valence-electron chi connectivity index (χ1n) is 9.78. The van der Waals surface area contributed by atoms with Crippen molar-refractivity contribution in [3.05, 3.63) is 65.6 Å². The second-order valence-electron chi connectivity index (χ2n) is 8.10. The summed E-state index contributed by atoms with van der Waals surface area (Å²) < 4.78 is 103. The number of hydrogen-bond acceptors (Lipinski definition) is 4. The van der Waals surface area contributed by atoms with Crippen LogP contribution in [0, 0.1) is 0 Å². The minimum atomic E-state index is -4.71. The Morgan fingerprint density at radius 1 is 1.00 bits per heavy atom. The van der Waals surface area contributed by atoms with E-state index < -0.39 is 48.9 Å². The van der Waals surface area contributed by atoms with E-state index in [1.807, 2.05) is 0 Å². The van der Waals surface area contributed by atoms with Crippen LogP contribution in [0.3, 0.4) is 0 Å². The molecule has 0 saturated heterocycles. The van der Waals surface area contributed by atoms with Crippen LogP contribution in [-0.2, 0) is 22.2 Å². The van der Waals surface area contributed by atoms with E-state index in [1.54, 1.807) is 0 Å². The van der Waals surface area contributed by atoms with Crippen LogP contribution in [-0.4, -0.2) is 35.0 Å². The topological polar surface area (TPSA) is 80.5 Å². The maximum Gasteiger partial charge on any atom is 0.416 e. The first-order chi connectivity index (χ1) is 15.5. The molecule has 1 amide bonds. The number of nitrogens with zero attached hydrogens (tertiary/aromatic N) is 2. The number of rotatable bonds is 6. The van der Waals surface area contributed by atoms with Gasteiger partial charge in [0.25, 0.3) is 5.91 Å². The zero-order chi connectivity index (χ0) is 25.5. The monoisotopic (exact) mass is 507 g/mol. The van der Waals surface area contributed by atoms with Gasteiger partial charge in [-0.3, -0.25) is 4.79 Å². The second-order valence-corrected chi connectivity index (χ2v) is 10.7. The van der Waals surface area contributed by atoms with Crippen molar-refractivity contribution in [3.63, 3.8) is 0 Å². The second kappa shape index (κ2) is 8.60. The summed E-state index contributed by atoms with van der Waals surface area (Å²) in [6, 6.07) is 5.00. The van der Waals surface area contributed by atoms with Crippen molar-refractivity contribution in [2.75, 3.05) is 6.54 Å². The van der Waals surface area contributed by atoms with E-state index >= 15 is 0 Å². The molecule has 0 bridgehead atoms. The number of pyridine rings is 1. The van der Waals surface area contributed by atoms with Crippen LogP contribution >= 0.6 is 0 Å². The van der Waals surface area contributed by atoms with Crippen molar-refractivity contribution in [1.29, 1.82) is 0 Å². The van der Waals surface area contributed by atoms with Gasteiger partial charge in [-0.05, 0) is 50.6 Å². The number of benzene rings is 1. The standard InChI is InChI=1S/C21H19F6N3O3S/c1-19(2,34(32,33)15-5-3-4-13(10-15)20(22,23)24)7-8-28-18(31)16-12-30-9-6-14(21(25,26)27)11-17(30)29-16/h3-6,9-12H,7-8H2,1-2H3,(H,28,31). The third kappa shape index (κ3) is 5.18. The molecule has 3 aromatic rings. The Morgan fingerprint density at radius 3 is 2.24 bits per heavy atom. The molecule has 1 aromatic carbocycles. The molecule has 6 nitrogen and oxygen atoms in total. The summed E-state index contributed by atoms with van der Waals surface area (Å²) in [7, 11) is -4.20. The summed E-state index contributed by atoms with van der Waals surface area (Å²) in [6.45, 7) is 2.46. The van der Waals surface area contributed by atoms with Crippen molar-refractivity contribution in [1.82, 2.24) is 14.7 Å². The van der Waals surface area contributed by atoms with E-state index in [-0.39, 0.29) is 24.3 Å². The van der Waals surface area contributed by atoms with Gasteiger partial charge in [-0.2, -0.15) is 26.3 Å². The Morgan fingerprint density at radius 2 is 1.62 bits per heavy atom. The van der Waals surface area contributed by atoms with Crippen LogP contribution in [0.2, 0.25) is 0 Å². The van der Waals surface area contributed by atoms with Gasteiger partial charge in [0.15, 0.2) is 9.84 Å². The molecule has 34 heavy (non-hydrogen) atoms. The number of hydrogen-bond donors (Lipinski definition) is 1. The molecule has 2 aromatic heterocycles.